The van der Waals surface area contributed by atoms with Gasteiger partial charge in [0, 0.05) is 20.1 Å². The van der Waals surface area contributed by atoms with Crippen LogP contribution in [0.3, 0.4) is 0 Å². The summed E-state index contributed by atoms with van der Waals surface area (Å²) in [4.78, 5) is 18.5. The molecule has 10 nitrogen and oxygen atoms in total. The molecule has 2 heterocycles. The molecule has 1 aromatic heterocycles. The molecule has 1 aliphatic rings. The van der Waals surface area contributed by atoms with Gasteiger partial charge in [0.2, 0.25) is 27.8 Å². The van der Waals surface area contributed by atoms with Gasteiger partial charge in [0.15, 0.2) is 0 Å². The maximum Gasteiger partial charge on any atom is 0.246 e. The number of rotatable bonds is 6. The van der Waals surface area contributed by atoms with E-state index in [0.29, 0.717) is 11.5 Å². The Balaban J connectivity index is 1.60. The van der Waals surface area contributed by atoms with E-state index in [0.717, 1.165) is 30.2 Å². The van der Waals surface area contributed by atoms with Crippen LogP contribution >= 0.6 is 0 Å². The molecule has 0 radical (unpaired) electrons. The predicted molar refractivity (Wildman–Crippen MR) is 102 cm³/mol. The number of nitriles is 1. The monoisotopic (exact) mass is 403 g/mol. The summed E-state index contributed by atoms with van der Waals surface area (Å²) in [7, 11) is -2.54. The second kappa shape index (κ2) is 8.37. The fourth-order valence-corrected chi connectivity index (χ4v) is 4.01. The number of piperidine rings is 1. The van der Waals surface area contributed by atoms with E-state index < -0.39 is 15.9 Å². The van der Waals surface area contributed by atoms with Crippen LogP contribution in [0.15, 0.2) is 29.2 Å². The lowest BCUT2D eigenvalue weighted by Gasteiger charge is -2.24. The number of likely N-dealkylation sites (N-methyl/N-ethyl adjacent to an activating group) is 1. The average molecular weight is 403 g/mol. The summed E-state index contributed by atoms with van der Waals surface area (Å²) in [6.07, 6.45) is 3.34. The predicted octanol–water partition coefficient (Wildman–Crippen LogP) is 0.926. The molecule has 0 bridgehead atoms. The number of hydrogen-bond donors (Lipinski definition) is 2. The zero-order valence-electron chi connectivity index (χ0n) is 15.4. The van der Waals surface area contributed by atoms with Crippen LogP contribution in [0.1, 0.15) is 24.8 Å². The van der Waals surface area contributed by atoms with Crippen molar-refractivity contribution in [2.45, 2.75) is 24.2 Å². The average Bonchev–Trinajstić information content (AvgIpc) is 3.17. The molecule has 0 atom stereocenters. The third kappa shape index (κ3) is 4.47. The Morgan fingerprint density at radius 1 is 1.29 bits per heavy atom. The Morgan fingerprint density at radius 2 is 1.96 bits per heavy atom. The third-order valence-corrected chi connectivity index (χ3v) is 6.25. The number of nitrogens with zero attached hydrogens (tertiary/aromatic N) is 5. The molecule has 0 unspecified atom stereocenters. The van der Waals surface area contributed by atoms with E-state index in [1.54, 1.807) is 0 Å². The lowest BCUT2D eigenvalue weighted by molar-refractivity contribution is -0.116. The molecule has 2 aromatic rings. The molecule has 1 fully saturated rings. The molecule has 1 aromatic carbocycles. The van der Waals surface area contributed by atoms with Gasteiger partial charge in [0.25, 0.3) is 0 Å². The second-order valence-electron chi connectivity index (χ2n) is 6.48. The quantitative estimate of drug-likeness (QED) is 0.732. The molecule has 2 N–H and O–H groups in total. The highest BCUT2D eigenvalue weighted by atomic mass is 32.2. The standard InChI is InChI=1S/C17H21N7O3S/c1-23(28(26,27)14-7-5-13(11-18)6-8-14)12-15(25)19-16-20-17(22-21-16)24-9-3-2-4-10-24/h5-8H,2-4,9-10,12H2,1H3,(H2,19,20,21,22,25). The number of sulfonamides is 1. The molecule has 148 valence electrons. The van der Waals surface area contributed by atoms with Crippen LogP contribution in [0.4, 0.5) is 11.9 Å². The Labute approximate surface area is 163 Å². The van der Waals surface area contributed by atoms with Crippen molar-refractivity contribution in [1.82, 2.24) is 19.5 Å². The number of hydrogen-bond acceptors (Lipinski definition) is 7. The van der Waals surface area contributed by atoms with Crippen molar-refractivity contribution in [3.05, 3.63) is 29.8 Å². The summed E-state index contributed by atoms with van der Waals surface area (Å²) >= 11 is 0. The first kappa shape index (κ1) is 19.8. The van der Waals surface area contributed by atoms with Gasteiger partial charge in [-0.15, -0.1) is 5.10 Å². The third-order valence-electron chi connectivity index (χ3n) is 4.43. The number of amides is 1. The van der Waals surface area contributed by atoms with Crippen molar-refractivity contribution >= 4 is 27.8 Å². The first-order valence-corrected chi connectivity index (χ1v) is 10.3. The molecule has 0 aliphatic carbocycles. The summed E-state index contributed by atoms with van der Waals surface area (Å²) in [6.45, 7) is 1.36. The van der Waals surface area contributed by atoms with Crippen LogP contribution in [-0.2, 0) is 14.8 Å². The Kier molecular flexibility index (Phi) is 5.91. The number of benzene rings is 1. The second-order valence-corrected chi connectivity index (χ2v) is 8.52. The summed E-state index contributed by atoms with van der Waals surface area (Å²) in [5, 5.41) is 18.1. The van der Waals surface area contributed by atoms with Gasteiger partial charge in [-0.2, -0.15) is 14.6 Å². The van der Waals surface area contributed by atoms with Crippen molar-refractivity contribution in [2.24, 2.45) is 0 Å². The zero-order chi connectivity index (χ0) is 20.1. The van der Waals surface area contributed by atoms with E-state index >= 15 is 0 Å². The fraction of sp³-hybridized carbons (Fsp3) is 0.412. The van der Waals surface area contributed by atoms with Crippen molar-refractivity contribution in [2.75, 3.05) is 36.9 Å². The van der Waals surface area contributed by atoms with Gasteiger partial charge in [-0.25, -0.2) is 13.5 Å². The van der Waals surface area contributed by atoms with Crippen LogP contribution in [-0.4, -0.2) is 60.5 Å². The molecular weight excluding hydrogens is 382 g/mol. The Morgan fingerprint density at radius 3 is 2.61 bits per heavy atom. The lowest BCUT2D eigenvalue weighted by Crippen LogP contribution is -2.35. The number of carbonyl (C=O) groups excluding carboxylic acids is 1. The summed E-state index contributed by atoms with van der Waals surface area (Å²) in [5.74, 6) is 0.157. The summed E-state index contributed by atoms with van der Waals surface area (Å²) < 4.78 is 26.0. The van der Waals surface area contributed by atoms with Gasteiger partial charge < -0.3 is 4.90 Å². The minimum Gasteiger partial charge on any atom is -0.340 e. The number of nitrogens with one attached hydrogen (secondary N) is 2. The molecule has 1 saturated heterocycles. The highest BCUT2D eigenvalue weighted by molar-refractivity contribution is 7.89. The van der Waals surface area contributed by atoms with Gasteiger partial charge in [-0.05, 0) is 43.5 Å². The molecule has 11 heteroatoms. The first-order valence-electron chi connectivity index (χ1n) is 8.84. The SMILES string of the molecule is CN(CC(=O)Nc1nc(N2CCCCC2)n[nH]1)S(=O)(=O)c1ccc(C#N)cc1. The minimum absolute atomic E-state index is 0.00819. The zero-order valence-corrected chi connectivity index (χ0v) is 16.2. The maximum absolute atomic E-state index is 12.6. The molecular formula is C17H21N7O3S. The molecule has 3 rings (SSSR count). The minimum atomic E-state index is -3.85. The van der Waals surface area contributed by atoms with Crippen molar-refractivity contribution in [3.8, 4) is 6.07 Å². The first-order chi connectivity index (χ1) is 13.4. The van der Waals surface area contributed by atoms with E-state index in [1.165, 1.54) is 37.7 Å². The smallest absolute Gasteiger partial charge is 0.246 e. The molecule has 1 aliphatic heterocycles. The summed E-state index contributed by atoms with van der Waals surface area (Å²) in [6, 6.07) is 7.43. The van der Waals surface area contributed by atoms with E-state index in [1.807, 2.05) is 11.0 Å². The number of aromatic amines is 1. The Bertz CT molecular complexity index is 973. The topological polar surface area (TPSA) is 135 Å². The van der Waals surface area contributed by atoms with Gasteiger partial charge >= 0.3 is 0 Å². The summed E-state index contributed by atoms with van der Waals surface area (Å²) in [5.41, 5.74) is 0.356. The fourth-order valence-electron chi connectivity index (χ4n) is 2.88. The van der Waals surface area contributed by atoms with E-state index in [-0.39, 0.29) is 17.4 Å². The largest absolute Gasteiger partial charge is 0.340 e. The number of H-pyrrole nitrogens is 1. The lowest BCUT2D eigenvalue weighted by atomic mass is 10.1. The van der Waals surface area contributed by atoms with Crippen molar-refractivity contribution < 1.29 is 13.2 Å². The molecule has 1 amide bonds. The molecule has 28 heavy (non-hydrogen) atoms. The maximum atomic E-state index is 12.6. The van der Waals surface area contributed by atoms with Gasteiger partial charge in [0.05, 0.1) is 23.1 Å². The number of anilines is 2. The van der Waals surface area contributed by atoms with Crippen LogP contribution in [0.5, 0.6) is 0 Å². The number of carbonyl (C=O) groups is 1. The van der Waals surface area contributed by atoms with E-state index in [2.05, 4.69) is 20.5 Å². The van der Waals surface area contributed by atoms with Gasteiger partial charge in [-0.1, -0.05) is 0 Å². The van der Waals surface area contributed by atoms with Crippen LogP contribution in [0.25, 0.3) is 0 Å². The molecule has 0 spiro atoms. The van der Waals surface area contributed by atoms with Gasteiger partial charge in [-0.3, -0.25) is 10.1 Å². The van der Waals surface area contributed by atoms with Crippen molar-refractivity contribution in [3.63, 3.8) is 0 Å². The van der Waals surface area contributed by atoms with Crippen LogP contribution in [0.2, 0.25) is 0 Å². The van der Waals surface area contributed by atoms with Crippen LogP contribution < -0.4 is 10.2 Å². The van der Waals surface area contributed by atoms with E-state index in [9.17, 15) is 13.2 Å². The Hall–Kier alpha value is -2.97. The van der Waals surface area contributed by atoms with Gasteiger partial charge in [0.1, 0.15) is 0 Å². The normalized spacial score (nSPS) is 14.7. The highest BCUT2D eigenvalue weighted by Gasteiger charge is 2.23. The van der Waals surface area contributed by atoms with E-state index in [4.69, 9.17) is 5.26 Å². The highest BCUT2D eigenvalue weighted by Crippen LogP contribution is 2.17. The van der Waals surface area contributed by atoms with Crippen molar-refractivity contribution in [1.29, 1.82) is 5.26 Å². The number of aromatic nitrogens is 3. The van der Waals surface area contributed by atoms with Crippen LogP contribution in [0, 0.1) is 11.3 Å². The molecule has 0 saturated carbocycles.